The van der Waals surface area contributed by atoms with E-state index in [1.807, 2.05) is 6.92 Å². The minimum absolute atomic E-state index is 0.106. The predicted octanol–water partition coefficient (Wildman–Crippen LogP) is 1.28. The summed E-state index contributed by atoms with van der Waals surface area (Å²) in [5.74, 6) is 0.295. The van der Waals surface area contributed by atoms with Crippen LogP contribution in [0.2, 0.25) is 0 Å². The van der Waals surface area contributed by atoms with Gasteiger partial charge in [0, 0.05) is 12.0 Å². The van der Waals surface area contributed by atoms with E-state index >= 15 is 0 Å². The van der Waals surface area contributed by atoms with Gasteiger partial charge in [0.2, 0.25) is 5.91 Å². The van der Waals surface area contributed by atoms with Crippen molar-refractivity contribution in [2.45, 2.75) is 46.1 Å². The molecular formula is C11H22N2O. The van der Waals surface area contributed by atoms with Crippen LogP contribution in [0, 0.1) is 11.3 Å². The second kappa shape index (κ2) is 4.30. The lowest BCUT2D eigenvalue weighted by molar-refractivity contribution is -0.125. The maximum Gasteiger partial charge on any atom is 0.223 e. The Balaban J connectivity index is 2.22. The van der Waals surface area contributed by atoms with Crippen molar-refractivity contribution in [3.05, 3.63) is 0 Å². The third-order valence-electron chi connectivity index (χ3n) is 3.12. The van der Waals surface area contributed by atoms with Crippen LogP contribution in [0.25, 0.3) is 0 Å². The normalized spacial score (nSPS) is 25.6. The van der Waals surface area contributed by atoms with Crippen LogP contribution >= 0.6 is 0 Å². The Morgan fingerprint density at radius 1 is 1.64 bits per heavy atom. The van der Waals surface area contributed by atoms with Gasteiger partial charge in [-0.2, -0.15) is 0 Å². The minimum atomic E-state index is 0.106. The molecule has 3 heteroatoms. The van der Waals surface area contributed by atoms with Crippen molar-refractivity contribution in [2.75, 3.05) is 6.54 Å². The van der Waals surface area contributed by atoms with Crippen molar-refractivity contribution in [1.29, 1.82) is 0 Å². The Morgan fingerprint density at radius 3 is 2.64 bits per heavy atom. The summed E-state index contributed by atoms with van der Waals surface area (Å²) in [4.78, 5) is 11.6. The largest absolute Gasteiger partial charge is 0.353 e. The lowest BCUT2D eigenvalue weighted by Gasteiger charge is -2.12. The predicted molar refractivity (Wildman–Crippen MR) is 57.8 cm³/mol. The van der Waals surface area contributed by atoms with E-state index in [2.05, 4.69) is 19.2 Å². The molecule has 3 N–H and O–H groups in total. The zero-order valence-electron chi connectivity index (χ0n) is 9.47. The van der Waals surface area contributed by atoms with Gasteiger partial charge in [0.1, 0.15) is 0 Å². The smallest absolute Gasteiger partial charge is 0.223 e. The van der Waals surface area contributed by atoms with E-state index in [9.17, 15) is 4.79 Å². The fraction of sp³-hybridized carbons (Fsp3) is 0.909. The highest BCUT2D eigenvalue weighted by Gasteiger charge is 2.46. The first-order valence-corrected chi connectivity index (χ1v) is 5.48. The molecule has 0 spiro atoms. The highest BCUT2D eigenvalue weighted by Crippen LogP contribution is 2.44. The van der Waals surface area contributed by atoms with Crippen LogP contribution in [-0.4, -0.2) is 18.5 Å². The number of hydrogen-bond donors (Lipinski definition) is 2. The Bertz CT molecular complexity index is 213. The van der Waals surface area contributed by atoms with Crippen molar-refractivity contribution >= 4 is 5.91 Å². The summed E-state index contributed by atoms with van der Waals surface area (Å²) in [6, 6.07) is 0.398. The first-order chi connectivity index (χ1) is 6.47. The third-order valence-corrected chi connectivity index (χ3v) is 3.12. The monoisotopic (exact) mass is 198 g/mol. The molecule has 0 aliphatic heterocycles. The van der Waals surface area contributed by atoms with Crippen LogP contribution in [0.1, 0.15) is 40.0 Å². The third kappa shape index (κ3) is 2.98. The van der Waals surface area contributed by atoms with Crippen molar-refractivity contribution in [3.63, 3.8) is 0 Å². The molecule has 0 bridgehead atoms. The number of nitrogens with one attached hydrogen (secondary N) is 1. The number of carbonyl (C=O) groups excluding carboxylic acids is 1. The average Bonchev–Trinajstić information content (AvgIpc) is 2.69. The molecule has 0 aromatic carbocycles. The molecule has 1 aliphatic rings. The van der Waals surface area contributed by atoms with E-state index in [1.165, 1.54) is 0 Å². The molecule has 2 atom stereocenters. The molecule has 3 nitrogen and oxygen atoms in total. The summed E-state index contributed by atoms with van der Waals surface area (Å²) in [7, 11) is 0. The molecule has 0 aromatic rings. The fourth-order valence-electron chi connectivity index (χ4n) is 1.58. The molecule has 1 fully saturated rings. The standard InChI is InChI=1S/C11H22N2O/c1-8(5-4-6-12)10(14)13-9-7-11(9,2)3/h8-9H,4-7,12H2,1-3H3,(H,13,14). The highest BCUT2D eigenvalue weighted by molar-refractivity contribution is 5.79. The van der Waals surface area contributed by atoms with Crippen molar-refractivity contribution in [2.24, 2.45) is 17.1 Å². The van der Waals surface area contributed by atoms with Crippen molar-refractivity contribution in [1.82, 2.24) is 5.32 Å². The second-order valence-electron chi connectivity index (χ2n) is 5.09. The molecule has 0 aromatic heterocycles. The number of hydrogen-bond acceptors (Lipinski definition) is 2. The molecular weight excluding hydrogens is 176 g/mol. The minimum Gasteiger partial charge on any atom is -0.353 e. The first kappa shape index (κ1) is 11.5. The van der Waals surface area contributed by atoms with Gasteiger partial charge in [0.15, 0.2) is 0 Å². The maximum absolute atomic E-state index is 11.6. The summed E-state index contributed by atoms with van der Waals surface area (Å²) in [5, 5.41) is 3.07. The van der Waals surface area contributed by atoms with E-state index in [-0.39, 0.29) is 11.8 Å². The van der Waals surface area contributed by atoms with E-state index in [0.29, 0.717) is 18.0 Å². The van der Waals surface area contributed by atoms with Crippen LogP contribution in [0.3, 0.4) is 0 Å². The van der Waals surface area contributed by atoms with Crippen LogP contribution in [0.5, 0.6) is 0 Å². The van der Waals surface area contributed by atoms with E-state index < -0.39 is 0 Å². The Morgan fingerprint density at radius 2 is 2.21 bits per heavy atom. The molecule has 2 unspecified atom stereocenters. The maximum atomic E-state index is 11.6. The zero-order valence-corrected chi connectivity index (χ0v) is 9.47. The van der Waals surface area contributed by atoms with Gasteiger partial charge in [-0.3, -0.25) is 4.79 Å². The molecule has 82 valence electrons. The van der Waals surface area contributed by atoms with E-state index in [4.69, 9.17) is 5.73 Å². The van der Waals surface area contributed by atoms with Gasteiger partial charge in [-0.15, -0.1) is 0 Å². The molecule has 1 aliphatic carbocycles. The number of rotatable bonds is 5. The topological polar surface area (TPSA) is 55.1 Å². The van der Waals surface area contributed by atoms with E-state index in [0.717, 1.165) is 19.3 Å². The van der Waals surface area contributed by atoms with Gasteiger partial charge >= 0.3 is 0 Å². The van der Waals surface area contributed by atoms with Gasteiger partial charge in [0.05, 0.1) is 0 Å². The summed E-state index contributed by atoms with van der Waals surface area (Å²) >= 11 is 0. The molecule has 0 radical (unpaired) electrons. The Labute approximate surface area is 86.4 Å². The van der Waals surface area contributed by atoms with Crippen molar-refractivity contribution in [3.8, 4) is 0 Å². The van der Waals surface area contributed by atoms with Gasteiger partial charge in [-0.05, 0) is 31.2 Å². The van der Waals surface area contributed by atoms with Gasteiger partial charge in [-0.25, -0.2) is 0 Å². The summed E-state index contributed by atoms with van der Waals surface area (Å²) in [6.45, 7) is 7.01. The van der Waals surface area contributed by atoms with Crippen LogP contribution in [0.4, 0.5) is 0 Å². The van der Waals surface area contributed by atoms with Crippen LogP contribution < -0.4 is 11.1 Å². The Kier molecular flexibility index (Phi) is 3.53. The summed E-state index contributed by atoms with van der Waals surface area (Å²) < 4.78 is 0. The second-order valence-corrected chi connectivity index (χ2v) is 5.09. The fourth-order valence-corrected chi connectivity index (χ4v) is 1.58. The molecule has 0 saturated heterocycles. The lowest BCUT2D eigenvalue weighted by Crippen LogP contribution is -2.33. The number of amides is 1. The number of carbonyl (C=O) groups is 1. The quantitative estimate of drug-likeness (QED) is 0.699. The molecule has 1 amide bonds. The average molecular weight is 198 g/mol. The molecule has 1 saturated carbocycles. The van der Waals surface area contributed by atoms with Gasteiger partial charge in [0.25, 0.3) is 0 Å². The first-order valence-electron chi connectivity index (χ1n) is 5.48. The van der Waals surface area contributed by atoms with E-state index in [1.54, 1.807) is 0 Å². The lowest BCUT2D eigenvalue weighted by atomic mass is 10.0. The van der Waals surface area contributed by atoms with Gasteiger partial charge in [-0.1, -0.05) is 20.8 Å². The molecule has 0 heterocycles. The summed E-state index contributed by atoms with van der Waals surface area (Å²) in [6.07, 6.45) is 2.94. The summed E-state index contributed by atoms with van der Waals surface area (Å²) in [5.41, 5.74) is 5.72. The van der Waals surface area contributed by atoms with Crippen molar-refractivity contribution < 1.29 is 4.79 Å². The molecule has 1 rings (SSSR count). The van der Waals surface area contributed by atoms with Gasteiger partial charge < -0.3 is 11.1 Å². The number of nitrogens with two attached hydrogens (primary N) is 1. The van der Waals surface area contributed by atoms with Crippen LogP contribution in [-0.2, 0) is 4.79 Å². The SMILES string of the molecule is CC(CCCN)C(=O)NC1CC1(C)C. The highest BCUT2D eigenvalue weighted by atomic mass is 16.2. The zero-order chi connectivity index (χ0) is 10.8. The van der Waals surface area contributed by atoms with Crippen LogP contribution in [0.15, 0.2) is 0 Å². The Hall–Kier alpha value is -0.570. The molecule has 14 heavy (non-hydrogen) atoms.